The van der Waals surface area contributed by atoms with Crippen LogP contribution in [0.15, 0.2) is 51.9 Å². The maximum atomic E-state index is 11.1. The molecule has 1 rings (SSSR count). The molecule has 0 atom stereocenters. The van der Waals surface area contributed by atoms with Crippen molar-refractivity contribution < 1.29 is 9.59 Å². The van der Waals surface area contributed by atoms with E-state index in [1.807, 2.05) is 0 Å². The Bertz CT molecular complexity index is 353. The molecule has 76 valence electrons. The third-order valence-corrected chi connectivity index (χ3v) is 1.39. The first-order valence-electron chi connectivity index (χ1n) is 4.27. The first-order valence-corrected chi connectivity index (χ1v) is 4.27. The molecular formula is C10H9N3O2. The monoisotopic (exact) mass is 203 g/mol. The minimum Gasteiger partial charge on any atom is -0.294 e. The molecule has 1 heterocycles. The van der Waals surface area contributed by atoms with Crippen LogP contribution in [-0.2, 0) is 9.59 Å². The summed E-state index contributed by atoms with van der Waals surface area (Å²) in [5.41, 5.74) is 0. The van der Waals surface area contributed by atoms with Gasteiger partial charge in [-0.25, -0.2) is 0 Å². The second kappa shape index (κ2) is 6.31. The Balaban J connectivity index is 2.79. The van der Waals surface area contributed by atoms with E-state index in [9.17, 15) is 9.59 Å². The van der Waals surface area contributed by atoms with Crippen LogP contribution in [0.2, 0.25) is 0 Å². The zero-order valence-corrected chi connectivity index (χ0v) is 7.91. The lowest BCUT2D eigenvalue weighted by atomic mass is 10.2. The number of azo groups is 1. The highest BCUT2D eigenvalue weighted by Crippen LogP contribution is 1.93. The first kappa shape index (κ1) is 10.9. The van der Waals surface area contributed by atoms with Crippen molar-refractivity contribution in [2.45, 2.75) is 6.42 Å². The second-order valence-corrected chi connectivity index (χ2v) is 2.59. The highest BCUT2D eigenvalue weighted by Gasteiger charge is 2.04. The van der Waals surface area contributed by atoms with Crippen LogP contribution in [0.4, 0.5) is 0 Å². The molecule has 0 radical (unpaired) electrons. The maximum absolute atomic E-state index is 11.1. The van der Waals surface area contributed by atoms with Gasteiger partial charge in [-0.1, -0.05) is 12.2 Å². The molecule has 0 saturated carbocycles. The fourth-order valence-corrected chi connectivity index (χ4v) is 0.785. The van der Waals surface area contributed by atoms with Crippen LogP contribution in [0, 0.1) is 0 Å². The van der Waals surface area contributed by atoms with Crippen LogP contribution in [0.3, 0.4) is 0 Å². The third-order valence-electron chi connectivity index (χ3n) is 1.39. The maximum Gasteiger partial charge on any atom is 0.272 e. The number of allylic oxidation sites excluding steroid dienone is 4. The molecule has 0 aromatic rings. The smallest absolute Gasteiger partial charge is 0.272 e. The molecule has 5 nitrogen and oxygen atoms in total. The molecule has 1 amide bonds. The van der Waals surface area contributed by atoms with Crippen molar-refractivity contribution >= 4 is 17.9 Å². The number of amides is 1. The number of aliphatic imine (C=N–C) groups is 1. The van der Waals surface area contributed by atoms with E-state index in [0.717, 1.165) is 0 Å². The number of hydrogen-bond acceptors (Lipinski definition) is 4. The van der Waals surface area contributed by atoms with Crippen molar-refractivity contribution in [3.8, 4) is 0 Å². The lowest BCUT2D eigenvalue weighted by Gasteiger charge is -1.86. The van der Waals surface area contributed by atoms with Gasteiger partial charge >= 0.3 is 0 Å². The van der Waals surface area contributed by atoms with Crippen molar-refractivity contribution in [1.82, 2.24) is 0 Å². The van der Waals surface area contributed by atoms with E-state index in [2.05, 4.69) is 15.2 Å². The normalized spacial score (nSPS) is 25.9. The summed E-state index contributed by atoms with van der Waals surface area (Å²) in [7, 11) is 0. The van der Waals surface area contributed by atoms with Crippen molar-refractivity contribution in [2.75, 3.05) is 0 Å². The van der Waals surface area contributed by atoms with Crippen molar-refractivity contribution in [3.05, 3.63) is 36.7 Å². The van der Waals surface area contributed by atoms with Gasteiger partial charge in [-0.15, -0.1) is 5.11 Å². The van der Waals surface area contributed by atoms with Gasteiger partial charge in [0.25, 0.3) is 5.91 Å². The second-order valence-electron chi connectivity index (χ2n) is 2.59. The van der Waals surface area contributed by atoms with Gasteiger partial charge < -0.3 is 0 Å². The quantitative estimate of drug-likeness (QED) is 0.561. The van der Waals surface area contributed by atoms with Gasteiger partial charge in [-0.2, -0.15) is 5.11 Å². The Morgan fingerprint density at radius 2 is 1.93 bits per heavy atom. The van der Waals surface area contributed by atoms with Gasteiger partial charge in [0, 0.05) is 12.4 Å². The van der Waals surface area contributed by atoms with Gasteiger partial charge in [-0.3, -0.25) is 14.6 Å². The summed E-state index contributed by atoms with van der Waals surface area (Å²) in [5.74, 6) is -0.870. The van der Waals surface area contributed by atoms with E-state index in [4.69, 9.17) is 0 Å². The van der Waals surface area contributed by atoms with Crippen molar-refractivity contribution in [3.63, 3.8) is 0 Å². The molecule has 0 aliphatic carbocycles. The lowest BCUT2D eigenvalue weighted by Crippen LogP contribution is -2.01. The molecular weight excluding hydrogens is 194 g/mol. The highest BCUT2D eigenvalue weighted by molar-refractivity contribution is 6.03. The average molecular weight is 203 g/mol. The minimum atomic E-state index is -0.568. The fraction of sp³-hybridized carbons (Fsp3) is 0.100. The summed E-state index contributed by atoms with van der Waals surface area (Å²) in [5, 5.41) is 6.72. The van der Waals surface area contributed by atoms with E-state index in [-0.39, 0.29) is 12.2 Å². The average Bonchev–Trinajstić information content (AvgIpc) is 2.21. The highest BCUT2D eigenvalue weighted by atomic mass is 16.2. The number of carbonyl (C=O) groups excluding carboxylic acids is 2. The molecule has 15 heavy (non-hydrogen) atoms. The van der Waals surface area contributed by atoms with Crippen LogP contribution >= 0.6 is 0 Å². The van der Waals surface area contributed by atoms with E-state index in [1.165, 1.54) is 24.7 Å². The van der Waals surface area contributed by atoms with Crippen LogP contribution in [0.5, 0.6) is 0 Å². The summed E-state index contributed by atoms with van der Waals surface area (Å²) in [6, 6.07) is 0. The van der Waals surface area contributed by atoms with Crippen LogP contribution in [0.1, 0.15) is 6.42 Å². The lowest BCUT2D eigenvalue weighted by molar-refractivity contribution is -0.124. The molecule has 0 fully saturated rings. The number of nitrogens with zero attached hydrogens (tertiary/aromatic N) is 3. The Hall–Kier alpha value is -2.17. The molecule has 1 aliphatic rings. The Labute approximate surface area is 86.6 Å². The summed E-state index contributed by atoms with van der Waals surface area (Å²) in [4.78, 5) is 25.9. The van der Waals surface area contributed by atoms with E-state index >= 15 is 0 Å². The summed E-state index contributed by atoms with van der Waals surface area (Å²) < 4.78 is 0. The van der Waals surface area contributed by atoms with Gasteiger partial charge in [0.15, 0.2) is 5.78 Å². The zero-order chi connectivity index (χ0) is 10.9. The Morgan fingerprint density at radius 1 is 1.07 bits per heavy atom. The largest absolute Gasteiger partial charge is 0.294 e. The number of rotatable bonds is 0. The van der Waals surface area contributed by atoms with Crippen LogP contribution < -0.4 is 0 Å². The molecule has 0 bridgehead atoms. The molecule has 0 unspecified atom stereocenters. The predicted molar refractivity (Wildman–Crippen MR) is 55.4 cm³/mol. The number of hydrogen-bond donors (Lipinski definition) is 0. The molecule has 0 saturated heterocycles. The predicted octanol–water partition coefficient (Wildman–Crippen LogP) is 1.59. The summed E-state index contributed by atoms with van der Waals surface area (Å²) >= 11 is 0. The molecule has 0 aromatic heterocycles. The summed E-state index contributed by atoms with van der Waals surface area (Å²) in [6.45, 7) is 0. The topological polar surface area (TPSA) is 71.2 Å². The standard InChI is InChI=1S/C10H9N3O2/c14-9-4-2-1-3-5-11-6-7-12-13-10(15)8-9/h1-7H,8H2/b3-1-,4-2-,7-6-,11-5+,13-12?. The van der Waals surface area contributed by atoms with Crippen molar-refractivity contribution in [2.24, 2.45) is 15.2 Å². The number of ketones is 1. The van der Waals surface area contributed by atoms with E-state index in [0.29, 0.717) is 0 Å². The van der Waals surface area contributed by atoms with E-state index < -0.39 is 5.91 Å². The SMILES string of the molecule is O=C1\C=C/C=C\C=N\C=C/N=NC(=O)C1. The van der Waals surface area contributed by atoms with Crippen LogP contribution in [0.25, 0.3) is 0 Å². The van der Waals surface area contributed by atoms with Gasteiger partial charge in [-0.05, 0) is 12.2 Å². The Morgan fingerprint density at radius 3 is 2.80 bits per heavy atom. The molecule has 0 N–H and O–H groups in total. The fourth-order valence-electron chi connectivity index (χ4n) is 0.785. The molecule has 1 aliphatic heterocycles. The van der Waals surface area contributed by atoms with Gasteiger partial charge in [0.2, 0.25) is 0 Å². The minimum absolute atomic E-state index is 0.261. The summed E-state index contributed by atoms with van der Waals surface area (Å²) in [6.07, 6.45) is 10.1. The number of carbonyl (C=O) groups is 2. The molecule has 0 aromatic carbocycles. The first-order chi connectivity index (χ1) is 7.29. The molecule has 5 heteroatoms. The van der Waals surface area contributed by atoms with E-state index in [1.54, 1.807) is 18.2 Å². The molecule has 0 spiro atoms. The Kier molecular flexibility index (Phi) is 4.59. The van der Waals surface area contributed by atoms with Crippen molar-refractivity contribution in [1.29, 1.82) is 0 Å². The third kappa shape index (κ3) is 5.20. The zero-order valence-electron chi connectivity index (χ0n) is 7.91. The van der Waals surface area contributed by atoms with Gasteiger partial charge in [0.1, 0.15) is 0 Å². The van der Waals surface area contributed by atoms with Crippen LogP contribution in [-0.4, -0.2) is 17.9 Å². The van der Waals surface area contributed by atoms with Gasteiger partial charge in [0.05, 0.1) is 12.6 Å².